The molecule has 10 heteroatoms. The lowest BCUT2D eigenvalue weighted by Crippen LogP contribution is -2.43. The molecule has 1 amide bonds. The summed E-state index contributed by atoms with van der Waals surface area (Å²) in [5.41, 5.74) is -1.28. The van der Waals surface area contributed by atoms with Gasteiger partial charge in [0.05, 0.1) is 10.5 Å². The second kappa shape index (κ2) is 8.14. The van der Waals surface area contributed by atoms with Crippen molar-refractivity contribution < 1.29 is 26.4 Å². The minimum absolute atomic E-state index is 0.00747. The monoisotopic (exact) mass is 412 g/mol. The molecule has 5 nitrogen and oxygen atoms in total. The molecule has 1 aromatic rings. The second-order valence-corrected chi connectivity index (χ2v) is 8.45. The van der Waals surface area contributed by atoms with E-state index in [0.717, 1.165) is 22.9 Å². The van der Waals surface area contributed by atoms with Gasteiger partial charge in [0.1, 0.15) is 0 Å². The Morgan fingerprint density at radius 3 is 2.46 bits per heavy atom. The summed E-state index contributed by atoms with van der Waals surface area (Å²) in [4.78, 5) is 11.1. The van der Waals surface area contributed by atoms with Crippen molar-refractivity contribution >= 4 is 27.5 Å². The first kappa shape index (κ1) is 21.0. The van der Waals surface area contributed by atoms with Crippen LogP contribution < -0.4 is 5.32 Å². The van der Waals surface area contributed by atoms with E-state index in [0.29, 0.717) is 12.6 Å². The Balaban J connectivity index is 2.19. The molecular weight excluding hydrogens is 393 g/mol. The summed E-state index contributed by atoms with van der Waals surface area (Å²) in [5.74, 6) is -0.480. The third-order valence-electron chi connectivity index (χ3n) is 4.24. The Morgan fingerprint density at radius 1 is 1.31 bits per heavy atom. The quantitative estimate of drug-likeness (QED) is 0.807. The van der Waals surface area contributed by atoms with Crippen LogP contribution in [0.5, 0.6) is 0 Å². The maximum Gasteiger partial charge on any atom is 0.417 e. The molecule has 0 spiro atoms. The summed E-state index contributed by atoms with van der Waals surface area (Å²) in [6.45, 7) is 2.44. The summed E-state index contributed by atoms with van der Waals surface area (Å²) < 4.78 is 66.0. The molecular formula is C16H20ClF3N2O3S. The van der Waals surface area contributed by atoms with Gasteiger partial charge in [-0.3, -0.25) is 4.79 Å². The number of nitrogens with one attached hydrogen (secondary N) is 1. The van der Waals surface area contributed by atoms with E-state index in [2.05, 4.69) is 5.32 Å². The highest BCUT2D eigenvalue weighted by molar-refractivity contribution is 7.89. The van der Waals surface area contributed by atoms with Crippen LogP contribution in [0.4, 0.5) is 13.2 Å². The summed E-state index contributed by atoms with van der Waals surface area (Å²) in [7, 11) is -4.34. The van der Waals surface area contributed by atoms with Crippen molar-refractivity contribution in [1.82, 2.24) is 9.62 Å². The average Bonchev–Trinajstić information content (AvgIpc) is 2.58. The molecule has 0 atom stereocenters. The number of nitrogens with zero attached hydrogens (tertiary/aromatic N) is 1. The predicted molar refractivity (Wildman–Crippen MR) is 91.2 cm³/mol. The summed E-state index contributed by atoms with van der Waals surface area (Å²) >= 11 is 5.60. The van der Waals surface area contributed by atoms with Gasteiger partial charge in [-0.25, -0.2) is 8.42 Å². The van der Waals surface area contributed by atoms with Crippen molar-refractivity contribution in [2.45, 2.75) is 37.3 Å². The van der Waals surface area contributed by atoms with Crippen LogP contribution in [-0.4, -0.2) is 38.3 Å². The lowest BCUT2D eigenvalue weighted by Gasteiger charge is -2.31. The molecule has 1 heterocycles. The van der Waals surface area contributed by atoms with Crippen molar-refractivity contribution in [2.24, 2.45) is 5.92 Å². The molecule has 2 rings (SSSR count). The van der Waals surface area contributed by atoms with Crippen molar-refractivity contribution in [3.8, 4) is 0 Å². The maximum atomic E-state index is 13.2. The molecule has 0 saturated carbocycles. The number of piperidine rings is 1. The third kappa shape index (κ3) is 4.69. The SMILES string of the molecule is CCCNC(=O)C1CCN(S(=O)(=O)c2ccc(Cl)cc2C(F)(F)F)CC1. The molecule has 1 saturated heterocycles. The van der Waals surface area contributed by atoms with Crippen molar-refractivity contribution in [3.05, 3.63) is 28.8 Å². The van der Waals surface area contributed by atoms with Crippen LogP contribution in [0.1, 0.15) is 31.7 Å². The lowest BCUT2D eigenvalue weighted by molar-refractivity contribution is -0.139. The van der Waals surface area contributed by atoms with Crippen molar-refractivity contribution in [2.75, 3.05) is 19.6 Å². The van der Waals surface area contributed by atoms with E-state index in [4.69, 9.17) is 11.6 Å². The Hall–Kier alpha value is -1.32. The lowest BCUT2D eigenvalue weighted by atomic mass is 9.97. The number of hydrogen-bond donors (Lipinski definition) is 1. The molecule has 1 fully saturated rings. The van der Waals surface area contributed by atoms with Gasteiger partial charge in [-0.1, -0.05) is 18.5 Å². The number of benzene rings is 1. The Labute approximate surface area is 155 Å². The molecule has 1 aromatic carbocycles. The zero-order chi connectivity index (χ0) is 19.5. The third-order valence-corrected chi connectivity index (χ3v) is 6.43. The van der Waals surface area contributed by atoms with E-state index in [1.54, 1.807) is 0 Å². The Kier molecular flexibility index (Phi) is 6.57. The smallest absolute Gasteiger partial charge is 0.356 e. The maximum absolute atomic E-state index is 13.2. The molecule has 1 aliphatic heterocycles. The van der Waals surface area contributed by atoms with Gasteiger partial charge in [-0.2, -0.15) is 17.5 Å². The van der Waals surface area contributed by atoms with E-state index in [9.17, 15) is 26.4 Å². The highest BCUT2D eigenvalue weighted by Crippen LogP contribution is 2.37. The minimum Gasteiger partial charge on any atom is -0.356 e. The first-order chi connectivity index (χ1) is 12.1. The van der Waals surface area contributed by atoms with Gasteiger partial charge in [-0.05, 0) is 37.5 Å². The van der Waals surface area contributed by atoms with E-state index < -0.39 is 26.7 Å². The molecule has 0 radical (unpaired) electrons. The fourth-order valence-electron chi connectivity index (χ4n) is 2.84. The first-order valence-corrected chi connectivity index (χ1v) is 10.0. The van der Waals surface area contributed by atoms with E-state index in [1.165, 1.54) is 0 Å². The van der Waals surface area contributed by atoms with E-state index in [1.807, 2.05) is 6.92 Å². The molecule has 0 aromatic heterocycles. The second-order valence-electron chi connectivity index (χ2n) is 6.11. The zero-order valence-corrected chi connectivity index (χ0v) is 15.7. The topological polar surface area (TPSA) is 66.5 Å². The molecule has 0 bridgehead atoms. The Bertz CT molecular complexity index is 760. The van der Waals surface area contributed by atoms with Gasteiger partial charge in [0, 0.05) is 30.6 Å². The minimum atomic E-state index is -4.84. The molecule has 26 heavy (non-hydrogen) atoms. The molecule has 1 N–H and O–H groups in total. The zero-order valence-electron chi connectivity index (χ0n) is 14.1. The van der Waals surface area contributed by atoms with Crippen LogP contribution in [-0.2, 0) is 21.0 Å². The normalized spacial score (nSPS) is 17.3. The summed E-state index contributed by atoms with van der Waals surface area (Å²) in [6, 6.07) is 2.61. The van der Waals surface area contributed by atoms with Gasteiger partial charge in [0.25, 0.3) is 0 Å². The van der Waals surface area contributed by atoms with Crippen LogP contribution in [0.25, 0.3) is 0 Å². The van der Waals surface area contributed by atoms with Gasteiger partial charge in [-0.15, -0.1) is 0 Å². The largest absolute Gasteiger partial charge is 0.417 e. The van der Waals surface area contributed by atoms with Crippen molar-refractivity contribution in [1.29, 1.82) is 0 Å². The fraction of sp³-hybridized carbons (Fsp3) is 0.562. The Morgan fingerprint density at radius 2 is 1.92 bits per heavy atom. The van der Waals surface area contributed by atoms with Crippen molar-refractivity contribution in [3.63, 3.8) is 0 Å². The number of hydrogen-bond acceptors (Lipinski definition) is 3. The predicted octanol–water partition coefficient (Wildman–Crippen LogP) is 3.29. The summed E-state index contributed by atoms with van der Waals surface area (Å²) in [6.07, 6.45) is -3.52. The molecule has 0 aliphatic carbocycles. The van der Waals surface area contributed by atoms with Crippen LogP contribution in [0.3, 0.4) is 0 Å². The van der Waals surface area contributed by atoms with Gasteiger partial charge >= 0.3 is 6.18 Å². The van der Waals surface area contributed by atoms with Gasteiger partial charge < -0.3 is 5.32 Å². The number of rotatable bonds is 5. The molecule has 1 aliphatic rings. The first-order valence-electron chi connectivity index (χ1n) is 8.22. The van der Waals surface area contributed by atoms with E-state index >= 15 is 0 Å². The highest BCUT2D eigenvalue weighted by atomic mass is 35.5. The number of sulfonamides is 1. The number of alkyl halides is 3. The number of carbonyl (C=O) groups is 1. The van der Waals surface area contributed by atoms with E-state index in [-0.39, 0.29) is 42.8 Å². The van der Waals surface area contributed by atoms with Crippen LogP contribution in [0, 0.1) is 5.92 Å². The van der Waals surface area contributed by atoms with Crippen LogP contribution in [0.2, 0.25) is 5.02 Å². The molecule has 146 valence electrons. The number of halogens is 4. The van der Waals surface area contributed by atoms with Crippen LogP contribution >= 0.6 is 11.6 Å². The fourth-order valence-corrected chi connectivity index (χ4v) is 4.67. The summed E-state index contributed by atoms with van der Waals surface area (Å²) in [5, 5.41) is 2.56. The number of amides is 1. The number of carbonyl (C=O) groups excluding carboxylic acids is 1. The van der Waals surface area contributed by atoms with Gasteiger partial charge in [0.2, 0.25) is 15.9 Å². The molecule has 0 unspecified atom stereocenters. The highest BCUT2D eigenvalue weighted by Gasteiger charge is 2.40. The average molecular weight is 413 g/mol. The standard InChI is InChI=1S/C16H20ClF3N2O3S/c1-2-7-21-15(23)11-5-8-22(9-6-11)26(24,25)14-4-3-12(17)10-13(14)16(18,19)20/h3-4,10-11H,2,5-9H2,1H3,(H,21,23). The van der Waals surface area contributed by atoms with Crippen LogP contribution in [0.15, 0.2) is 23.1 Å². The van der Waals surface area contributed by atoms with Gasteiger partial charge in [0.15, 0.2) is 0 Å².